The summed E-state index contributed by atoms with van der Waals surface area (Å²) in [5.74, 6) is 0.843. The van der Waals surface area contributed by atoms with Crippen molar-refractivity contribution in [2.75, 3.05) is 20.3 Å². The Balaban J connectivity index is 2.49. The number of ether oxygens (including phenoxy) is 2. The van der Waals surface area contributed by atoms with Gasteiger partial charge < -0.3 is 9.47 Å². The number of rotatable bonds is 6. The molecular formula is C12H17ClO2. The van der Waals surface area contributed by atoms with Crippen LogP contribution in [0.5, 0.6) is 5.75 Å². The molecule has 0 bridgehead atoms. The molecule has 0 N–H and O–H groups in total. The van der Waals surface area contributed by atoms with Crippen molar-refractivity contribution in [3.63, 3.8) is 0 Å². The van der Waals surface area contributed by atoms with Crippen LogP contribution in [0.4, 0.5) is 0 Å². The van der Waals surface area contributed by atoms with Gasteiger partial charge in [-0.3, -0.25) is 0 Å². The van der Waals surface area contributed by atoms with E-state index in [0.717, 1.165) is 30.2 Å². The molecule has 1 rings (SSSR count). The fourth-order valence-electron chi connectivity index (χ4n) is 1.30. The van der Waals surface area contributed by atoms with Gasteiger partial charge in [0.15, 0.2) is 0 Å². The summed E-state index contributed by atoms with van der Waals surface area (Å²) < 4.78 is 10.5. The maximum absolute atomic E-state index is 5.96. The van der Waals surface area contributed by atoms with Crippen molar-refractivity contribution in [3.05, 3.63) is 28.8 Å². The van der Waals surface area contributed by atoms with Gasteiger partial charge in [-0.1, -0.05) is 18.5 Å². The van der Waals surface area contributed by atoms with Crippen molar-refractivity contribution in [1.82, 2.24) is 0 Å². The molecule has 84 valence electrons. The van der Waals surface area contributed by atoms with Crippen molar-refractivity contribution >= 4 is 11.6 Å². The first-order valence-corrected chi connectivity index (χ1v) is 5.55. The van der Waals surface area contributed by atoms with Crippen molar-refractivity contribution in [2.45, 2.75) is 19.8 Å². The number of halogens is 1. The minimum atomic E-state index is 0.664. The molecule has 0 unspecified atom stereocenters. The van der Waals surface area contributed by atoms with Gasteiger partial charge in [0.05, 0.1) is 6.61 Å². The van der Waals surface area contributed by atoms with E-state index >= 15 is 0 Å². The topological polar surface area (TPSA) is 18.5 Å². The van der Waals surface area contributed by atoms with E-state index in [1.165, 1.54) is 5.56 Å². The second kappa shape index (κ2) is 6.70. The quantitative estimate of drug-likeness (QED) is 0.696. The fourth-order valence-corrected chi connectivity index (χ4v) is 1.55. The maximum Gasteiger partial charge on any atom is 0.121 e. The lowest BCUT2D eigenvalue weighted by molar-refractivity contribution is 0.172. The first kappa shape index (κ1) is 12.3. The predicted octanol–water partition coefficient (Wildman–Crippen LogP) is 3.32. The Bertz CT molecular complexity index is 300. The fraction of sp³-hybridized carbons (Fsp3) is 0.500. The summed E-state index contributed by atoms with van der Waals surface area (Å²) in [4.78, 5) is 0. The van der Waals surface area contributed by atoms with E-state index in [-0.39, 0.29) is 0 Å². The third kappa shape index (κ3) is 4.54. The van der Waals surface area contributed by atoms with Gasteiger partial charge in [-0.25, -0.2) is 0 Å². The summed E-state index contributed by atoms with van der Waals surface area (Å²) in [6, 6.07) is 5.83. The molecule has 0 saturated heterocycles. The molecular weight excluding hydrogens is 212 g/mol. The predicted molar refractivity (Wildman–Crippen MR) is 62.8 cm³/mol. The molecule has 3 heteroatoms. The molecule has 0 heterocycles. The van der Waals surface area contributed by atoms with E-state index in [9.17, 15) is 0 Å². The number of hydrogen-bond acceptors (Lipinski definition) is 2. The van der Waals surface area contributed by atoms with Gasteiger partial charge in [0.1, 0.15) is 5.75 Å². The van der Waals surface area contributed by atoms with Crippen molar-refractivity contribution in [2.24, 2.45) is 0 Å². The van der Waals surface area contributed by atoms with E-state index in [4.69, 9.17) is 21.1 Å². The Hall–Kier alpha value is -0.730. The standard InChI is InChI=1S/C12H17ClO2/c1-3-10-7-11(13)9-12(8-10)15-6-4-5-14-2/h7-9H,3-6H2,1-2H3. The zero-order valence-electron chi connectivity index (χ0n) is 9.25. The molecule has 0 aliphatic carbocycles. The lowest BCUT2D eigenvalue weighted by atomic mass is 10.2. The Morgan fingerprint density at radius 1 is 1.20 bits per heavy atom. The van der Waals surface area contributed by atoms with Crippen LogP contribution in [0.1, 0.15) is 18.9 Å². The van der Waals surface area contributed by atoms with Crippen molar-refractivity contribution in [1.29, 1.82) is 0 Å². The number of aryl methyl sites for hydroxylation is 1. The van der Waals surface area contributed by atoms with Crippen LogP contribution >= 0.6 is 11.6 Å². The molecule has 0 aromatic heterocycles. The van der Waals surface area contributed by atoms with E-state index in [2.05, 4.69) is 6.92 Å². The number of hydrogen-bond donors (Lipinski definition) is 0. The zero-order chi connectivity index (χ0) is 11.1. The number of benzene rings is 1. The summed E-state index contributed by atoms with van der Waals surface area (Å²) in [6.07, 6.45) is 1.86. The minimum absolute atomic E-state index is 0.664. The van der Waals surface area contributed by atoms with E-state index < -0.39 is 0 Å². The molecule has 15 heavy (non-hydrogen) atoms. The molecule has 0 amide bonds. The molecule has 2 nitrogen and oxygen atoms in total. The Labute approximate surface area is 96.2 Å². The zero-order valence-corrected chi connectivity index (χ0v) is 10.0. The van der Waals surface area contributed by atoms with Crippen LogP contribution in [0, 0.1) is 0 Å². The lowest BCUT2D eigenvalue weighted by Gasteiger charge is -2.08. The van der Waals surface area contributed by atoms with Gasteiger partial charge in [-0.2, -0.15) is 0 Å². The van der Waals surface area contributed by atoms with Gasteiger partial charge in [0.25, 0.3) is 0 Å². The minimum Gasteiger partial charge on any atom is -0.493 e. The summed E-state index contributed by atoms with van der Waals surface area (Å²) in [5.41, 5.74) is 1.20. The van der Waals surface area contributed by atoms with Gasteiger partial charge in [0.2, 0.25) is 0 Å². The second-order valence-electron chi connectivity index (χ2n) is 3.34. The van der Waals surface area contributed by atoms with Crippen LogP contribution in [-0.4, -0.2) is 20.3 Å². The van der Waals surface area contributed by atoms with E-state index in [1.54, 1.807) is 7.11 Å². The highest BCUT2D eigenvalue weighted by atomic mass is 35.5. The van der Waals surface area contributed by atoms with Gasteiger partial charge in [0, 0.05) is 25.2 Å². The highest BCUT2D eigenvalue weighted by Crippen LogP contribution is 2.21. The molecule has 0 radical (unpaired) electrons. The second-order valence-corrected chi connectivity index (χ2v) is 3.78. The van der Waals surface area contributed by atoms with Crippen molar-refractivity contribution in [3.8, 4) is 5.75 Å². The van der Waals surface area contributed by atoms with Crippen LogP contribution in [0.3, 0.4) is 0 Å². The van der Waals surface area contributed by atoms with Crippen LogP contribution in [-0.2, 0) is 11.2 Å². The lowest BCUT2D eigenvalue weighted by Crippen LogP contribution is -2.01. The van der Waals surface area contributed by atoms with Crippen LogP contribution in [0.15, 0.2) is 18.2 Å². The third-order valence-electron chi connectivity index (χ3n) is 2.10. The normalized spacial score (nSPS) is 10.3. The molecule has 0 atom stereocenters. The first-order valence-electron chi connectivity index (χ1n) is 5.17. The van der Waals surface area contributed by atoms with Crippen molar-refractivity contribution < 1.29 is 9.47 Å². The van der Waals surface area contributed by atoms with Crippen LogP contribution in [0.2, 0.25) is 5.02 Å². The van der Waals surface area contributed by atoms with Gasteiger partial charge in [-0.15, -0.1) is 0 Å². The molecule has 0 saturated carbocycles. The molecule has 0 spiro atoms. The Morgan fingerprint density at radius 2 is 2.00 bits per heavy atom. The average molecular weight is 229 g/mol. The summed E-state index contributed by atoms with van der Waals surface area (Å²) in [5, 5.41) is 0.732. The summed E-state index contributed by atoms with van der Waals surface area (Å²) in [6.45, 7) is 3.49. The average Bonchev–Trinajstić information content (AvgIpc) is 2.23. The molecule has 0 fully saturated rings. The van der Waals surface area contributed by atoms with Crippen LogP contribution in [0.25, 0.3) is 0 Å². The Morgan fingerprint density at radius 3 is 2.67 bits per heavy atom. The summed E-state index contributed by atoms with van der Waals surface area (Å²) >= 11 is 5.96. The molecule has 0 aliphatic rings. The Kier molecular flexibility index (Phi) is 5.51. The van der Waals surface area contributed by atoms with Gasteiger partial charge in [-0.05, 0) is 30.2 Å². The van der Waals surface area contributed by atoms with Gasteiger partial charge >= 0.3 is 0 Å². The van der Waals surface area contributed by atoms with E-state index in [1.807, 2.05) is 18.2 Å². The highest BCUT2D eigenvalue weighted by Gasteiger charge is 1.99. The smallest absolute Gasteiger partial charge is 0.121 e. The first-order chi connectivity index (χ1) is 7.26. The maximum atomic E-state index is 5.96. The number of methoxy groups -OCH3 is 1. The molecule has 1 aromatic carbocycles. The largest absolute Gasteiger partial charge is 0.493 e. The molecule has 0 aliphatic heterocycles. The van der Waals surface area contributed by atoms with E-state index in [0.29, 0.717) is 6.61 Å². The van der Waals surface area contributed by atoms with Crippen LogP contribution < -0.4 is 4.74 Å². The highest BCUT2D eigenvalue weighted by molar-refractivity contribution is 6.30. The molecule has 1 aromatic rings. The third-order valence-corrected chi connectivity index (χ3v) is 2.32. The SMILES string of the molecule is CCc1cc(Cl)cc(OCCCOC)c1. The summed E-state index contributed by atoms with van der Waals surface area (Å²) in [7, 11) is 1.69. The monoisotopic (exact) mass is 228 g/mol.